The van der Waals surface area contributed by atoms with Crippen LogP contribution in [0.5, 0.6) is 5.75 Å². The van der Waals surface area contributed by atoms with Gasteiger partial charge in [-0.05, 0) is 37.4 Å². The molecule has 0 saturated carbocycles. The molecule has 0 radical (unpaired) electrons. The first-order chi connectivity index (χ1) is 8.69. The average Bonchev–Trinajstić information content (AvgIpc) is 2.36. The van der Waals surface area contributed by atoms with Crippen LogP contribution in [-0.2, 0) is 0 Å². The van der Waals surface area contributed by atoms with Crippen LogP contribution in [0.3, 0.4) is 0 Å². The number of hydrogen-bond donors (Lipinski definition) is 1. The molecule has 0 fully saturated rings. The van der Waals surface area contributed by atoms with E-state index in [9.17, 15) is 0 Å². The maximum atomic E-state index is 5.88. The van der Waals surface area contributed by atoms with Crippen molar-refractivity contribution in [2.24, 2.45) is 0 Å². The summed E-state index contributed by atoms with van der Waals surface area (Å²) in [6, 6.07) is 6.52. The highest BCUT2D eigenvalue weighted by molar-refractivity contribution is 9.10. The molecule has 4 heteroatoms. The second-order valence-corrected chi connectivity index (χ2v) is 6.32. The first-order valence-corrected chi connectivity index (χ1v) is 8.37. The van der Waals surface area contributed by atoms with Gasteiger partial charge in [-0.15, -0.1) is 0 Å². The summed E-state index contributed by atoms with van der Waals surface area (Å²) in [7, 11) is 0. The predicted molar refractivity (Wildman–Crippen MR) is 84.7 cm³/mol. The smallest absolute Gasteiger partial charge is 0.124 e. The van der Waals surface area contributed by atoms with Gasteiger partial charge in [0.2, 0.25) is 0 Å². The normalized spacial score (nSPS) is 12.4. The maximum Gasteiger partial charge on any atom is 0.124 e. The number of hydrogen-bond acceptors (Lipinski definition) is 3. The molecule has 1 atom stereocenters. The van der Waals surface area contributed by atoms with Gasteiger partial charge < -0.3 is 10.1 Å². The summed E-state index contributed by atoms with van der Waals surface area (Å²) in [5.74, 6) is 3.18. The lowest BCUT2D eigenvalue weighted by atomic mass is 10.1. The molecular weight excluding hydrogens is 310 g/mol. The van der Waals surface area contributed by atoms with Crippen LogP contribution in [0.2, 0.25) is 0 Å². The summed E-state index contributed by atoms with van der Waals surface area (Å²) in [4.78, 5) is 0. The van der Waals surface area contributed by atoms with Crippen molar-refractivity contribution in [3.8, 4) is 5.75 Å². The van der Waals surface area contributed by atoms with Crippen molar-refractivity contribution in [3.63, 3.8) is 0 Å². The fourth-order valence-corrected chi connectivity index (χ4v) is 2.63. The fraction of sp³-hybridized carbons (Fsp3) is 0.571. The molecule has 0 amide bonds. The van der Waals surface area contributed by atoms with E-state index in [4.69, 9.17) is 4.74 Å². The molecule has 1 rings (SSSR count). The van der Waals surface area contributed by atoms with Gasteiger partial charge in [0.15, 0.2) is 0 Å². The topological polar surface area (TPSA) is 21.3 Å². The molecule has 1 N–H and O–H groups in total. The number of benzene rings is 1. The van der Waals surface area contributed by atoms with Crippen molar-refractivity contribution < 1.29 is 4.74 Å². The Hall–Kier alpha value is -0.190. The summed E-state index contributed by atoms with van der Waals surface area (Å²) in [5.41, 5.74) is 1.22. The van der Waals surface area contributed by atoms with Crippen LogP contribution in [0.15, 0.2) is 22.7 Å². The zero-order chi connectivity index (χ0) is 13.4. The summed E-state index contributed by atoms with van der Waals surface area (Å²) >= 11 is 5.43. The highest BCUT2D eigenvalue weighted by Gasteiger charge is 2.11. The van der Waals surface area contributed by atoms with Crippen LogP contribution in [0.1, 0.15) is 32.4 Å². The zero-order valence-corrected chi connectivity index (χ0v) is 13.7. The molecule has 0 saturated heterocycles. The van der Waals surface area contributed by atoms with Crippen LogP contribution in [0.4, 0.5) is 0 Å². The summed E-state index contributed by atoms with van der Waals surface area (Å²) in [5, 5.41) is 3.42. The van der Waals surface area contributed by atoms with E-state index in [1.165, 1.54) is 5.56 Å². The van der Waals surface area contributed by atoms with Crippen LogP contribution in [0, 0.1) is 0 Å². The van der Waals surface area contributed by atoms with Crippen molar-refractivity contribution in [1.82, 2.24) is 5.32 Å². The van der Waals surface area contributed by atoms with E-state index in [1.54, 1.807) is 0 Å². The molecule has 2 nitrogen and oxygen atoms in total. The number of thioether (sulfide) groups is 1. The summed E-state index contributed by atoms with van der Waals surface area (Å²) in [6.07, 6.45) is 0. The Labute approximate surface area is 123 Å². The van der Waals surface area contributed by atoms with Gasteiger partial charge in [-0.1, -0.05) is 29.8 Å². The average molecular weight is 332 g/mol. The standard InChI is InChI=1S/C14H22BrNOS/c1-4-16-11(3)13-10-12(15)6-7-14(13)17-8-9-18-5-2/h6-7,10-11,16H,4-5,8-9H2,1-3H3. The minimum absolute atomic E-state index is 0.307. The second-order valence-electron chi connectivity index (χ2n) is 4.01. The predicted octanol–water partition coefficient (Wildman–Crippen LogP) is 4.25. The SMILES string of the molecule is CCNC(C)c1cc(Br)ccc1OCCSCC. The van der Waals surface area contributed by atoms with Gasteiger partial charge in [-0.3, -0.25) is 0 Å². The van der Waals surface area contributed by atoms with Crippen molar-refractivity contribution in [2.45, 2.75) is 26.8 Å². The molecule has 1 unspecified atom stereocenters. The lowest BCUT2D eigenvalue weighted by molar-refractivity contribution is 0.336. The Morgan fingerprint density at radius 2 is 2.17 bits per heavy atom. The van der Waals surface area contributed by atoms with E-state index in [2.05, 4.69) is 48.1 Å². The molecule has 18 heavy (non-hydrogen) atoms. The first kappa shape index (κ1) is 15.9. The third kappa shape index (κ3) is 5.21. The molecule has 0 aliphatic rings. The summed E-state index contributed by atoms with van der Waals surface area (Å²) < 4.78 is 6.97. The van der Waals surface area contributed by atoms with Gasteiger partial charge in [0.05, 0.1) is 6.61 Å². The van der Waals surface area contributed by atoms with Crippen molar-refractivity contribution >= 4 is 27.7 Å². The van der Waals surface area contributed by atoms with Gasteiger partial charge in [0, 0.05) is 21.8 Å². The Balaban J connectivity index is 2.70. The Kier molecular flexibility index (Phi) is 7.79. The van der Waals surface area contributed by atoms with Crippen LogP contribution < -0.4 is 10.1 Å². The highest BCUT2D eigenvalue weighted by Crippen LogP contribution is 2.28. The Morgan fingerprint density at radius 1 is 1.39 bits per heavy atom. The monoisotopic (exact) mass is 331 g/mol. The van der Waals surface area contributed by atoms with Crippen molar-refractivity contribution in [2.75, 3.05) is 24.7 Å². The lowest BCUT2D eigenvalue weighted by Crippen LogP contribution is -2.18. The number of ether oxygens (including phenoxy) is 1. The second kappa shape index (κ2) is 8.83. The molecule has 102 valence electrons. The van der Waals surface area contributed by atoms with Crippen molar-refractivity contribution in [1.29, 1.82) is 0 Å². The maximum absolute atomic E-state index is 5.88. The molecule has 1 aromatic carbocycles. The minimum Gasteiger partial charge on any atom is -0.492 e. The van der Waals surface area contributed by atoms with E-state index in [0.717, 1.165) is 34.9 Å². The van der Waals surface area contributed by atoms with E-state index in [1.807, 2.05) is 23.9 Å². The van der Waals surface area contributed by atoms with E-state index in [0.29, 0.717) is 6.04 Å². The van der Waals surface area contributed by atoms with Gasteiger partial charge in [0.1, 0.15) is 5.75 Å². The molecule has 1 aromatic rings. The Bertz CT molecular complexity index is 360. The van der Waals surface area contributed by atoms with Gasteiger partial charge in [-0.2, -0.15) is 11.8 Å². The Morgan fingerprint density at radius 3 is 2.83 bits per heavy atom. The van der Waals surface area contributed by atoms with E-state index < -0.39 is 0 Å². The first-order valence-electron chi connectivity index (χ1n) is 6.42. The third-order valence-electron chi connectivity index (χ3n) is 2.64. The molecule has 0 bridgehead atoms. The molecular formula is C14H22BrNOS. The summed E-state index contributed by atoms with van der Waals surface area (Å²) in [6.45, 7) is 8.18. The molecule has 0 aliphatic carbocycles. The minimum atomic E-state index is 0.307. The fourth-order valence-electron chi connectivity index (χ4n) is 1.76. The van der Waals surface area contributed by atoms with Crippen LogP contribution in [-0.4, -0.2) is 24.7 Å². The van der Waals surface area contributed by atoms with Crippen molar-refractivity contribution in [3.05, 3.63) is 28.2 Å². The van der Waals surface area contributed by atoms with Gasteiger partial charge in [-0.25, -0.2) is 0 Å². The van der Waals surface area contributed by atoms with E-state index >= 15 is 0 Å². The lowest BCUT2D eigenvalue weighted by Gasteiger charge is -2.18. The largest absolute Gasteiger partial charge is 0.492 e. The molecule has 0 heterocycles. The number of nitrogens with one attached hydrogen (secondary N) is 1. The van der Waals surface area contributed by atoms with Gasteiger partial charge in [0.25, 0.3) is 0 Å². The number of halogens is 1. The van der Waals surface area contributed by atoms with Crippen LogP contribution in [0.25, 0.3) is 0 Å². The molecule has 0 spiro atoms. The van der Waals surface area contributed by atoms with E-state index in [-0.39, 0.29) is 0 Å². The molecule has 0 aromatic heterocycles. The van der Waals surface area contributed by atoms with Crippen LogP contribution >= 0.6 is 27.7 Å². The quantitative estimate of drug-likeness (QED) is 0.719. The molecule has 0 aliphatic heterocycles. The highest BCUT2D eigenvalue weighted by atomic mass is 79.9. The zero-order valence-electron chi connectivity index (χ0n) is 11.3. The number of rotatable bonds is 8. The van der Waals surface area contributed by atoms with Gasteiger partial charge >= 0.3 is 0 Å². The third-order valence-corrected chi connectivity index (χ3v) is 3.99.